The fourth-order valence-corrected chi connectivity index (χ4v) is 3.30. The van der Waals surface area contributed by atoms with E-state index in [2.05, 4.69) is 4.72 Å². The number of sulfonamides is 1. The molecule has 21 heavy (non-hydrogen) atoms. The van der Waals surface area contributed by atoms with E-state index in [1.54, 1.807) is 27.0 Å². The van der Waals surface area contributed by atoms with Crippen LogP contribution in [-0.2, 0) is 14.8 Å². The van der Waals surface area contributed by atoms with E-state index in [1.165, 1.54) is 12.1 Å². The second-order valence-electron chi connectivity index (χ2n) is 4.73. The second kappa shape index (κ2) is 7.95. The van der Waals surface area contributed by atoms with E-state index in [0.717, 1.165) is 0 Å². The Labute approximate surface area is 130 Å². The highest BCUT2D eigenvalue weighted by molar-refractivity contribution is 7.89. The number of rotatable bonds is 8. The number of benzene rings is 1. The first-order valence-corrected chi connectivity index (χ1v) is 8.33. The van der Waals surface area contributed by atoms with Crippen molar-refractivity contribution in [1.29, 1.82) is 0 Å². The third-order valence-electron chi connectivity index (χ3n) is 2.63. The molecule has 0 heterocycles. The topological polar surface area (TPSA) is 90.6 Å². The Morgan fingerprint density at radius 2 is 2.05 bits per heavy atom. The van der Waals surface area contributed by atoms with Crippen LogP contribution in [0.3, 0.4) is 0 Å². The first-order valence-electron chi connectivity index (χ1n) is 6.47. The molecule has 0 spiro atoms. The molecular formula is C13H21ClN2O4S. The van der Waals surface area contributed by atoms with Gasteiger partial charge in [0.2, 0.25) is 10.0 Å². The lowest BCUT2D eigenvalue weighted by Crippen LogP contribution is -2.38. The minimum absolute atomic E-state index is 0.0155. The van der Waals surface area contributed by atoms with Crippen LogP contribution in [0.15, 0.2) is 23.1 Å². The van der Waals surface area contributed by atoms with Crippen LogP contribution < -0.4 is 15.2 Å². The van der Waals surface area contributed by atoms with Crippen LogP contribution >= 0.6 is 11.6 Å². The lowest BCUT2D eigenvalue weighted by molar-refractivity contribution is 0.0901. The zero-order chi connectivity index (χ0) is 16.0. The smallest absolute Gasteiger partial charge is 0.244 e. The van der Waals surface area contributed by atoms with Gasteiger partial charge in [-0.1, -0.05) is 11.6 Å². The van der Waals surface area contributed by atoms with Gasteiger partial charge in [-0.2, -0.15) is 0 Å². The average molecular weight is 337 g/mol. The molecule has 0 aliphatic heterocycles. The first-order chi connectivity index (χ1) is 9.80. The number of ether oxygens (including phenoxy) is 2. The van der Waals surface area contributed by atoms with E-state index in [0.29, 0.717) is 11.6 Å². The van der Waals surface area contributed by atoms with Gasteiger partial charge in [0.25, 0.3) is 0 Å². The molecule has 0 saturated heterocycles. The van der Waals surface area contributed by atoms with E-state index in [-0.39, 0.29) is 23.3 Å². The third kappa shape index (κ3) is 5.44. The van der Waals surface area contributed by atoms with Gasteiger partial charge in [-0.25, -0.2) is 13.1 Å². The van der Waals surface area contributed by atoms with E-state index in [4.69, 9.17) is 26.8 Å². The second-order valence-corrected chi connectivity index (χ2v) is 6.85. The molecule has 120 valence electrons. The lowest BCUT2D eigenvalue weighted by Gasteiger charge is -2.18. The molecule has 0 aromatic heterocycles. The highest BCUT2D eigenvalue weighted by Gasteiger charge is 2.23. The van der Waals surface area contributed by atoms with Gasteiger partial charge in [-0.3, -0.25) is 0 Å². The lowest BCUT2D eigenvalue weighted by atomic mass is 10.3. The minimum Gasteiger partial charge on any atom is -0.487 e. The molecule has 1 unspecified atom stereocenters. The predicted octanol–water partition coefficient (Wildman–Crippen LogP) is 1.38. The quantitative estimate of drug-likeness (QED) is 0.748. The summed E-state index contributed by atoms with van der Waals surface area (Å²) in [6, 6.07) is 4.05. The van der Waals surface area contributed by atoms with Gasteiger partial charge >= 0.3 is 0 Å². The number of nitrogens with one attached hydrogen (secondary N) is 1. The van der Waals surface area contributed by atoms with Crippen LogP contribution in [-0.4, -0.2) is 40.8 Å². The Morgan fingerprint density at radius 3 is 2.62 bits per heavy atom. The van der Waals surface area contributed by atoms with Crippen molar-refractivity contribution in [3.8, 4) is 5.75 Å². The van der Waals surface area contributed by atoms with Gasteiger partial charge in [0.15, 0.2) is 0 Å². The van der Waals surface area contributed by atoms with Crippen molar-refractivity contribution in [2.45, 2.75) is 30.9 Å². The Hall–Kier alpha value is -0.860. The van der Waals surface area contributed by atoms with Crippen LogP contribution in [0, 0.1) is 0 Å². The summed E-state index contributed by atoms with van der Waals surface area (Å²) in [5.41, 5.74) is 5.44. The Balaban J connectivity index is 3.12. The summed E-state index contributed by atoms with van der Waals surface area (Å²) < 4.78 is 37.8. The highest BCUT2D eigenvalue weighted by atomic mass is 35.5. The van der Waals surface area contributed by atoms with Crippen LogP contribution in [0.5, 0.6) is 5.75 Å². The maximum absolute atomic E-state index is 12.4. The van der Waals surface area contributed by atoms with Gasteiger partial charge < -0.3 is 15.2 Å². The van der Waals surface area contributed by atoms with Crippen LogP contribution in [0.4, 0.5) is 0 Å². The third-order valence-corrected chi connectivity index (χ3v) is 4.48. The Bertz CT molecular complexity index is 565. The van der Waals surface area contributed by atoms with Crippen molar-refractivity contribution in [1.82, 2.24) is 4.72 Å². The van der Waals surface area contributed by atoms with Gasteiger partial charge in [-0.15, -0.1) is 0 Å². The fourth-order valence-electron chi connectivity index (χ4n) is 1.65. The van der Waals surface area contributed by atoms with E-state index in [1.807, 2.05) is 0 Å². The normalized spacial score (nSPS) is 14.7. The molecule has 8 heteroatoms. The number of nitrogens with two attached hydrogens (primary N) is 1. The van der Waals surface area contributed by atoms with Crippen molar-refractivity contribution in [3.63, 3.8) is 0 Å². The van der Waals surface area contributed by atoms with Crippen LogP contribution in [0.2, 0.25) is 5.02 Å². The summed E-state index contributed by atoms with van der Waals surface area (Å²) in [5.74, 6) is 0.223. The summed E-state index contributed by atoms with van der Waals surface area (Å²) in [6.07, 6.45) is -0.294. The summed E-state index contributed by atoms with van der Waals surface area (Å²) in [6.45, 7) is 3.99. The van der Waals surface area contributed by atoms with Crippen molar-refractivity contribution in [3.05, 3.63) is 23.2 Å². The molecule has 0 amide bonds. The molecule has 0 aliphatic rings. The summed E-state index contributed by atoms with van der Waals surface area (Å²) in [4.78, 5) is -0.0155. The van der Waals surface area contributed by atoms with Crippen LogP contribution in [0.25, 0.3) is 0 Å². The van der Waals surface area contributed by atoms with Gasteiger partial charge in [0.1, 0.15) is 16.7 Å². The molecule has 1 aromatic rings. The van der Waals surface area contributed by atoms with Crippen molar-refractivity contribution >= 4 is 21.6 Å². The standard InChI is InChI=1S/C13H21ClN2O4S/c1-9(7-15)16-21(17,18)13-6-11(14)4-5-12(13)20-10(2)8-19-3/h4-6,9-10,16H,7-8,15H2,1-3H3/t9-,10?/m0/s1. The van der Waals surface area contributed by atoms with Crippen molar-refractivity contribution in [2.24, 2.45) is 5.73 Å². The molecule has 1 rings (SSSR count). The average Bonchev–Trinajstić information content (AvgIpc) is 2.40. The molecular weight excluding hydrogens is 316 g/mol. The van der Waals surface area contributed by atoms with E-state index >= 15 is 0 Å². The van der Waals surface area contributed by atoms with E-state index in [9.17, 15) is 8.42 Å². The molecule has 6 nitrogen and oxygen atoms in total. The molecule has 0 aliphatic carbocycles. The monoisotopic (exact) mass is 336 g/mol. The molecule has 1 aromatic carbocycles. The molecule has 2 atom stereocenters. The highest BCUT2D eigenvalue weighted by Crippen LogP contribution is 2.28. The van der Waals surface area contributed by atoms with Crippen LogP contribution in [0.1, 0.15) is 13.8 Å². The maximum atomic E-state index is 12.4. The number of halogens is 1. The number of hydrogen-bond acceptors (Lipinski definition) is 5. The minimum atomic E-state index is -3.77. The predicted molar refractivity (Wildman–Crippen MR) is 82.3 cm³/mol. The zero-order valence-corrected chi connectivity index (χ0v) is 13.9. The molecule has 0 bridgehead atoms. The van der Waals surface area contributed by atoms with Gasteiger partial charge in [0, 0.05) is 24.7 Å². The van der Waals surface area contributed by atoms with Crippen molar-refractivity contribution < 1.29 is 17.9 Å². The Kier molecular flexibility index (Phi) is 6.89. The van der Waals surface area contributed by atoms with Gasteiger partial charge in [-0.05, 0) is 32.0 Å². The zero-order valence-electron chi connectivity index (χ0n) is 12.3. The number of methoxy groups -OCH3 is 1. The Morgan fingerprint density at radius 1 is 1.38 bits per heavy atom. The SMILES string of the molecule is COCC(C)Oc1ccc(Cl)cc1S(=O)(=O)N[C@@H](C)CN. The van der Waals surface area contributed by atoms with E-state index < -0.39 is 16.1 Å². The molecule has 0 fully saturated rings. The summed E-state index contributed by atoms with van der Waals surface area (Å²) in [7, 11) is -2.22. The number of hydrogen-bond donors (Lipinski definition) is 2. The summed E-state index contributed by atoms with van der Waals surface area (Å²) in [5, 5.41) is 0.308. The van der Waals surface area contributed by atoms with Crippen molar-refractivity contribution in [2.75, 3.05) is 20.3 Å². The summed E-state index contributed by atoms with van der Waals surface area (Å²) >= 11 is 5.89. The molecule has 3 N–H and O–H groups in total. The fraction of sp³-hybridized carbons (Fsp3) is 0.538. The largest absolute Gasteiger partial charge is 0.487 e. The first kappa shape index (κ1) is 18.2. The van der Waals surface area contributed by atoms with Gasteiger partial charge in [0.05, 0.1) is 6.61 Å². The molecule has 0 radical (unpaired) electrons. The maximum Gasteiger partial charge on any atom is 0.244 e. The molecule has 0 saturated carbocycles.